The summed E-state index contributed by atoms with van der Waals surface area (Å²) in [4.78, 5) is 16.9. The average Bonchev–Trinajstić information content (AvgIpc) is 1.79. The van der Waals surface area contributed by atoms with Crippen molar-refractivity contribution < 1.29 is 26.4 Å². The molecule has 0 aliphatic heterocycles. The second-order valence-corrected chi connectivity index (χ2v) is 3.29. The van der Waals surface area contributed by atoms with E-state index in [4.69, 9.17) is 20.4 Å². The number of rotatable bonds is 4. The van der Waals surface area contributed by atoms with Gasteiger partial charge in [0.25, 0.3) is 11.6 Å². The zero-order valence-electron chi connectivity index (χ0n) is 9.54. The van der Waals surface area contributed by atoms with E-state index in [1.165, 1.54) is 0 Å². The Bertz CT molecular complexity index is 200. The maximum absolute atomic E-state index is 8.46. The molecule has 15 heavy (non-hydrogen) atoms. The standard InChI is InChI=1S/2C5H8NO.Co/c2*1-4(6)3-5(2)7;/h2*3H2,1-2H3;/q2*-1;+2/p+2. The number of ketones is 2. The second kappa shape index (κ2) is 11.3. The van der Waals surface area contributed by atoms with E-state index in [2.05, 4.69) is 0 Å². The van der Waals surface area contributed by atoms with Crippen molar-refractivity contribution in [1.82, 2.24) is 0 Å². The molecule has 0 bridgehead atoms. The van der Waals surface area contributed by atoms with Crippen LogP contribution in [0.2, 0.25) is 0 Å². The Morgan fingerprint density at radius 1 is 0.800 bits per heavy atom. The van der Waals surface area contributed by atoms with Crippen LogP contribution >= 0.6 is 0 Å². The maximum Gasteiger partial charge on any atom is 2.00 e. The van der Waals surface area contributed by atoms with Crippen molar-refractivity contribution in [3.05, 3.63) is 10.8 Å². The van der Waals surface area contributed by atoms with Gasteiger partial charge in [-0.1, -0.05) is 13.8 Å². The molecule has 0 amide bonds. The van der Waals surface area contributed by atoms with Crippen LogP contribution in [0.4, 0.5) is 0 Å². The molecular weight excluding hydrogens is 239 g/mol. The van der Waals surface area contributed by atoms with Crippen LogP contribution in [0.25, 0.3) is 10.8 Å². The summed E-state index contributed by atoms with van der Waals surface area (Å²) in [5, 5.41) is 16.9. The van der Waals surface area contributed by atoms with Crippen LogP contribution in [0.1, 0.15) is 40.5 Å². The van der Waals surface area contributed by atoms with Crippen molar-refractivity contribution in [2.24, 2.45) is 0 Å². The van der Waals surface area contributed by atoms with Gasteiger partial charge in [0, 0.05) is 13.8 Å². The van der Waals surface area contributed by atoms with E-state index in [0.29, 0.717) is 12.8 Å². The SMILES string of the molecule is CC(=[N-])CC(C)=[OH+].CC(=[N-])CC(C)=[OH+].[Co+2]. The Morgan fingerprint density at radius 2 is 1.00 bits per heavy atom. The van der Waals surface area contributed by atoms with E-state index in [-0.39, 0.29) is 39.8 Å². The Morgan fingerprint density at radius 3 is 1.00 bits per heavy atom. The molecule has 0 aliphatic rings. The number of hydrogen-bond acceptors (Lipinski definition) is 0. The number of hydrogen-bond donors (Lipinski definition) is 0. The van der Waals surface area contributed by atoms with E-state index >= 15 is 0 Å². The Hall–Kier alpha value is -0.814. The Kier molecular flexibility index (Phi) is 14.8. The van der Waals surface area contributed by atoms with Crippen molar-refractivity contribution in [1.29, 1.82) is 0 Å². The van der Waals surface area contributed by atoms with Gasteiger partial charge in [0.2, 0.25) is 0 Å². The van der Waals surface area contributed by atoms with Crippen LogP contribution < -0.4 is 0 Å². The fourth-order valence-corrected chi connectivity index (χ4v) is 0.740. The molecule has 0 saturated heterocycles. The first-order chi connectivity index (χ1) is 6.25. The van der Waals surface area contributed by atoms with E-state index in [1.54, 1.807) is 27.7 Å². The molecule has 0 unspecified atom stereocenters. The van der Waals surface area contributed by atoms with Gasteiger partial charge in [-0.2, -0.15) is 11.4 Å². The normalized spacial score (nSPS) is 7.73. The van der Waals surface area contributed by atoms with Crippen LogP contribution in [-0.4, -0.2) is 32.6 Å². The van der Waals surface area contributed by atoms with Gasteiger partial charge in [0.1, 0.15) is 0 Å². The summed E-state index contributed by atoms with van der Waals surface area (Å²) >= 11 is 0. The summed E-state index contributed by atoms with van der Waals surface area (Å²) in [6.45, 7) is 6.22. The summed E-state index contributed by atoms with van der Waals surface area (Å²) in [6, 6.07) is 0. The first-order valence-electron chi connectivity index (χ1n) is 4.31. The summed E-state index contributed by atoms with van der Waals surface area (Å²) in [6.07, 6.45) is 0.611. The van der Waals surface area contributed by atoms with Gasteiger partial charge in [-0.3, -0.25) is 9.59 Å². The molecule has 2 N–H and O–H groups in total. The number of carbonyl (C=O) groups excluding carboxylic acids is 2. The van der Waals surface area contributed by atoms with Gasteiger partial charge in [0.05, 0.1) is 12.8 Å². The number of nitrogens with zero attached hydrogens (tertiary/aromatic N) is 2. The minimum Gasteiger partial charge on any atom is -0.811 e. The molecule has 0 aliphatic carbocycles. The minimum atomic E-state index is 0. The molecule has 0 atom stereocenters. The van der Waals surface area contributed by atoms with Crippen molar-refractivity contribution in [3.63, 3.8) is 0 Å². The predicted octanol–water partition coefficient (Wildman–Crippen LogP) is 1.94. The fraction of sp³-hybridized carbons (Fsp3) is 0.600. The maximum atomic E-state index is 8.46. The van der Waals surface area contributed by atoms with Gasteiger partial charge >= 0.3 is 16.8 Å². The third-order valence-electron chi connectivity index (χ3n) is 1.02. The molecule has 0 aromatic heterocycles. The first kappa shape index (κ1) is 19.7. The van der Waals surface area contributed by atoms with Gasteiger partial charge in [0.15, 0.2) is 0 Å². The third-order valence-corrected chi connectivity index (χ3v) is 1.02. The Labute approximate surface area is 101 Å². The van der Waals surface area contributed by atoms with E-state index in [1.807, 2.05) is 0 Å². The largest absolute Gasteiger partial charge is 2.00 e. The van der Waals surface area contributed by atoms with Gasteiger partial charge in [-0.05, 0) is 0 Å². The van der Waals surface area contributed by atoms with Gasteiger partial charge in [-0.25, -0.2) is 0 Å². The molecule has 1 radical (unpaired) electrons. The van der Waals surface area contributed by atoms with Crippen molar-refractivity contribution in [3.8, 4) is 0 Å². The van der Waals surface area contributed by atoms with Gasteiger partial charge < -0.3 is 10.8 Å². The zero-order valence-corrected chi connectivity index (χ0v) is 10.6. The summed E-state index contributed by atoms with van der Waals surface area (Å²) < 4.78 is 0. The smallest absolute Gasteiger partial charge is 0.811 e. The molecule has 0 rings (SSSR count). The monoisotopic (exact) mass is 257 g/mol. The van der Waals surface area contributed by atoms with Crippen LogP contribution in [-0.2, 0) is 16.8 Å². The molecule has 0 aromatic carbocycles. The molecule has 87 valence electrons. The zero-order chi connectivity index (χ0) is 11.7. The first-order valence-corrected chi connectivity index (χ1v) is 4.31. The van der Waals surface area contributed by atoms with Crippen molar-refractivity contribution >= 4 is 23.0 Å². The molecule has 4 nitrogen and oxygen atoms in total. The van der Waals surface area contributed by atoms with Crippen LogP contribution in [0.5, 0.6) is 0 Å². The quantitative estimate of drug-likeness (QED) is 0.544. The molecule has 0 saturated carbocycles. The van der Waals surface area contributed by atoms with Crippen LogP contribution in [0.15, 0.2) is 0 Å². The van der Waals surface area contributed by atoms with E-state index in [0.717, 1.165) is 0 Å². The predicted molar refractivity (Wildman–Crippen MR) is 62.5 cm³/mol. The summed E-state index contributed by atoms with van der Waals surface area (Å²) in [5.74, 6) is 0.500. The second-order valence-electron chi connectivity index (χ2n) is 3.29. The van der Waals surface area contributed by atoms with Crippen molar-refractivity contribution in [2.45, 2.75) is 40.5 Å². The summed E-state index contributed by atoms with van der Waals surface area (Å²) in [7, 11) is 0. The topological polar surface area (TPSA) is 87.4 Å². The molecule has 0 spiro atoms. The van der Waals surface area contributed by atoms with E-state index in [9.17, 15) is 0 Å². The summed E-state index contributed by atoms with van der Waals surface area (Å²) in [5.41, 5.74) is 0.500. The minimum absolute atomic E-state index is 0. The van der Waals surface area contributed by atoms with E-state index < -0.39 is 0 Å². The molecule has 5 heteroatoms. The fourth-order valence-electron chi connectivity index (χ4n) is 0.740. The molecule has 0 fully saturated rings. The molecular formula is C10H18CoN2O2+2. The van der Waals surface area contributed by atoms with Crippen LogP contribution in [0.3, 0.4) is 0 Å². The third kappa shape index (κ3) is 32.0. The van der Waals surface area contributed by atoms with Gasteiger partial charge in [-0.15, -0.1) is 0 Å². The molecule has 0 aromatic rings. The molecule has 0 heterocycles. The Balaban J connectivity index is -0.000000180. The van der Waals surface area contributed by atoms with Crippen LogP contribution in [0, 0.1) is 0 Å². The van der Waals surface area contributed by atoms with Crippen molar-refractivity contribution in [2.75, 3.05) is 0 Å². The average molecular weight is 257 g/mol.